The summed E-state index contributed by atoms with van der Waals surface area (Å²) in [5, 5.41) is 14.6. The fourth-order valence-corrected chi connectivity index (χ4v) is 3.94. The number of anilines is 1. The number of nitrogens with zero attached hydrogens (tertiary/aromatic N) is 5. The van der Waals surface area contributed by atoms with Crippen LogP contribution in [0.4, 0.5) is 10.2 Å². The zero-order valence-electron chi connectivity index (χ0n) is 15.1. The fraction of sp³-hybridized carbons (Fsp3) is 0.263. The summed E-state index contributed by atoms with van der Waals surface area (Å²) in [6.07, 6.45) is 4.06. The van der Waals surface area contributed by atoms with Crippen LogP contribution < -0.4 is 5.32 Å². The third-order valence-electron chi connectivity index (χ3n) is 4.37. The lowest BCUT2D eigenvalue weighted by Crippen LogP contribution is -2.12. The molecule has 4 aromatic rings. The lowest BCUT2D eigenvalue weighted by molar-refractivity contribution is 0.568. The van der Waals surface area contributed by atoms with Crippen molar-refractivity contribution < 1.29 is 4.39 Å². The van der Waals surface area contributed by atoms with Gasteiger partial charge in [0.1, 0.15) is 34.9 Å². The van der Waals surface area contributed by atoms with E-state index in [0.717, 1.165) is 39.4 Å². The number of fused-ring (bicyclic) bond motifs is 1. The molecule has 0 aliphatic rings. The highest BCUT2D eigenvalue weighted by Crippen LogP contribution is 2.36. The van der Waals surface area contributed by atoms with Gasteiger partial charge in [-0.25, -0.2) is 14.4 Å². The van der Waals surface area contributed by atoms with Gasteiger partial charge in [0, 0.05) is 30.0 Å². The summed E-state index contributed by atoms with van der Waals surface area (Å²) in [4.78, 5) is 9.69. The van der Waals surface area contributed by atoms with Gasteiger partial charge < -0.3 is 9.88 Å². The first-order valence-corrected chi connectivity index (χ1v) is 9.62. The number of hydrogen-bond acceptors (Lipinski definition) is 6. The van der Waals surface area contributed by atoms with Gasteiger partial charge in [-0.1, -0.05) is 12.1 Å². The lowest BCUT2D eigenvalue weighted by atomic mass is 10.1. The van der Waals surface area contributed by atoms with E-state index in [4.69, 9.17) is 0 Å². The first kappa shape index (κ1) is 17.5. The molecule has 0 bridgehead atoms. The Morgan fingerprint density at radius 1 is 1.19 bits per heavy atom. The van der Waals surface area contributed by atoms with E-state index in [0.29, 0.717) is 12.6 Å². The molecular weight excluding hydrogens is 363 g/mol. The van der Waals surface area contributed by atoms with E-state index >= 15 is 0 Å². The van der Waals surface area contributed by atoms with E-state index in [2.05, 4.69) is 43.9 Å². The standard InChI is InChI=1S/C19H19FN6S/c1-12(2)26-11-24-25-16(26)7-8-21-18-17-15(9-27-19(17)23-10-22-18)13-3-5-14(20)6-4-13/h3-6,9-12H,7-8H2,1-2H3,(H,21,22,23). The highest BCUT2D eigenvalue weighted by Gasteiger charge is 2.14. The summed E-state index contributed by atoms with van der Waals surface area (Å²) in [7, 11) is 0. The molecule has 0 aliphatic carbocycles. The molecule has 6 nitrogen and oxygen atoms in total. The van der Waals surface area contributed by atoms with E-state index in [9.17, 15) is 4.39 Å². The molecular formula is C19H19FN6S. The van der Waals surface area contributed by atoms with Gasteiger partial charge in [0.15, 0.2) is 0 Å². The second-order valence-corrected chi connectivity index (χ2v) is 7.34. The van der Waals surface area contributed by atoms with Gasteiger partial charge in [-0.3, -0.25) is 0 Å². The number of nitrogens with one attached hydrogen (secondary N) is 1. The van der Waals surface area contributed by atoms with Crippen LogP contribution >= 0.6 is 11.3 Å². The molecule has 1 aromatic carbocycles. The molecule has 138 valence electrons. The first-order chi connectivity index (χ1) is 13.1. The van der Waals surface area contributed by atoms with Crippen molar-refractivity contribution in [1.29, 1.82) is 0 Å². The predicted molar refractivity (Wildman–Crippen MR) is 105 cm³/mol. The van der Waals surface area contributed by atoms with Crippen LogP contribution in [0.15, 0.2) is 42.3 Å². The second-order valence-electron chi connectivity index (χ2n) is 6.48. The van der Waals surface area contributed by atoms with Gasteiger partial charge in [-0.15, -0.1) is 21.5 Å². The van der Waals surface area contributed by atoms with E-state index in [1.54, 1.807) is 36.1 Å². The van der Waals surface area contributed by atoms with Crippen molar-refractivity contribution in [3.63, 3.8) is 0 Å². The lowest BCUT2D eigenvalue weighted by Gasteiger charge is -2.11. The predicted octanol–water partition coefficient (Wildman–Crippen LogP) is 4.32. The van der Waals surface area contributed by atoms with Crippen molar-refractivity contribution in [2.75, 3.05) is 11.9 Å². The number of rotatable bonds is 6. The summed E-state index contributed by atoms with van der Waals surface area (Å²) in [5.74, 6) is 1.46. The first-order valence-electron chi connectivity index (χ1n) is 8.74. The normalized spacial score (nSPS) is 11.4. The van der Waals surface area contributed by atoms with Crippen LogP contribution in [-0.2, 0) is 6.42 Å². The Balaban J connectivity index is 1.59. The summed E-state index contributed by atoms with van der Waals surface area (Å²) < 4.78 is 15.3. The molecule has 8 heteroatoms. The molecule has 3 heterocycles. The van der Waals surface area contributed by atoms with Gasteiger partial charge in [0.2, 0.25) is 0 Å². The minimum Gasteiger partial charge on any atom is -0.369 e. The third-order valence-corrected chi connectivity index (χ3v) is 5.26. The highest BCUT2D eigenvalue weighted by molar-refractivity contribution is 7.17. The third kappa shape index (κ3) is 3.52. The molecule has 0 atom stereocenters. The molecule has 0 saturated carbocycles. The van der Waals surface area contributed by atoms with E-state index in [1.165, 1.54) is 12.1 Å². The van der Waals surface area contributed by atoms with Crippen LogP contribution in [-0.4, -0.2) is 31.3 Å². The van der Waals surface area contributed by atoms with Gasteiger partial charge in [-0.05, 0) is 31.5 Å². The maximum Gasteiger partial charge on any atom is 0.138 e. The molecule has 4 rings (SSSR count). The van der Waals surface area contributed by atoms with E-state index in [-0.39, 0.29) is 5.82 Å². The minimum atomic E-state index is -0.248. The summed E-state index contributed by atoms with van der Waals surface area (Å²) in [6, 6.07) is 6.81. The monoisotopic (exact) mass is 382 g/mol. The quantitative estimate of drug-likeness (QED) is 0.538. The summed E-state index contributed by atoms with van der Waals surface area (Å²) >= 11 is 1.55. The van der Waals surface area contributed by atoms with Crippen LogP contribution in [0.1, 0.15) is 25.7 Å². The van der Waals surface area contributed by atoms with Crippen LogP contribution in [0.25, 0.3) is 21.3 Å². The van der Waals surface area contributed by atoms with E-state index < -0.39 is 0 Å². The van der Waals surface area contributed by atoms with Crippen molar-refractivity contribution >= 4 is 27.4 Å². The van der Waals surface area contributed by atoms with Crippen LogP contribution in [0, 0.1) is 5.82 Å². The molecule has 0 saturated heterocycles. The Morgan fingerprint density at radius 3 is 2.78 bits per heavy atom. The largest absolute Gasteiger partial charge is 0.369 e. The van der Waals surface area contributed by atoms with Crippen molar-refractivity contribution in [2.24, 2.45) is 0 Å². The number of halogens is 1. The zero-order valence-corrected chi connectivity index (χ0v) is 15.9. The van der Waals surface area contributed by atoms with Crippen LogP contribution in [0.5, 0.6) is 0 Å². The average Bonchev–Trinajstić information content (AvgIpc) is 3.30. The number of thiophene rings is 1. The SMILES string of the molecule is CC(C)n1cnnc1CCNc1ncnc2scc(-c3ccc(F)cc3)c12. The molecule has 27 heavy (non-hydrogen) atoms. The van der Waals surface area contributed by atoms with Gasteiger partial charge in [-0.2, -0.15) is 0 Å². The minimum absolute atomic E-state index is 0.248. The van der Waals surface area contributed by atoms with Crippen molar-refractivity contribution in [3.05, 3.63) is 53.9 Å². The molecule has 0 aliphatic heterocycles. The number of benzene rings is 1. The van der Waals surface area contributed by atoms with E-state index in [1.807, 2.05) is 5.38 Å². The average molecular weight is 382 g/mol. The maximum atomic E-state index is 13.3. The molecule has 0 unspecified atom stereocenters. The maximum absolute atomic E-state index is 13.3. The Bertz CT molecular complexity index is 1050. The zero-order chi connectivity index (χ0) is 18.8. The second kappa shape index (κ2) is 7.40. The van der Waals surface area contributed by atoms with Gasteiger partial charge >= 0.3 is 0 Å². The topological polar surface area (TPSA) is 68.5 Å². The Kier molecular flexibility index (Phi) is 4.81. The molecule has 0 spiro atoms. The molecule has 0 amide bonds. The summed E-state index contributed by atoms with van der Waals surface area (Å²) in [6.45, 7) is 4.89. The molecule has 0 radical (unpaired) electrons. The van der Waals surface area contributed by atoms with Crippen molar-refractivity contribution in [3.8, 4) is 11.1 Å². The summed E-state index contributed by atoms with van der Waals surface area (Å²) in [5.41, 5.74) is 1.95. The molecule has 0 fully saturated rings. The van der Waals surface area contributed by atoms with Gasteiger partial charge in [0.05, 0.1) is 5.39 Å². The van der Waals surface area contributed by atoms with Gasteiger partial charge in [0.25, 0.3) is 0 Å². The Morgan fingerprint density at radius 2 is 2.00 bits per heavy atom. The highest BCUT2D eigenvalue weighted by atomic mass is 32.1. The van der Waals surface area contributed by atoms with Crippen LogP contribution in [0.2, 0.25) is 0 Å². The fourth-order valence-electron chi connectivity index (χ4n) is 3.02. The Labute approximate surface area is 160 Å². The smallest absolute Gasteiger partial charge is 0.138 e. The van der Waals surface area contributed by atoms with Crippen LogP contribution in [0.3, 0.4) is 0 Å². The number of hydrogen-bond donors (Lipinski definition) is 1. The Hall–Kier alpha value is -2.87. The number of aromatic nitrogens is 5. The molecule has 1 N–H and O–H groups in total. The van der Waals surface area contributed by atoms with Crippen molar-refractivity contribution in [1.82, 2.24) is 24.7 Å². The van der Waals surface area contributed by atoms with Crippen molar-refractivity contribution in [2.45, 2.75) is 26.3 Å². The molecule has 3 aromatic heterocycles.